The standard InChI is InChI=1S/C24H29N5O2/c1-17(13-23(26)30)28-11-9-22(10-12-28)29(16-19-4-2-3-18(14-19)15-25)21-7-5-20(6-8-21)24(27)31/h2-8,14,17,22H,9-13,16H2,1H3,(H2,26,30)(H2,27,31). The van der Waals surface area contributed by atoms with E-state index in [1.54, 1.807) is 18.2 Å². The van der Waals surface area contributed by atoms with Crippen LogP contribution in [0, 0.1) is 11.3 Å². The second kappa shape index (κ2) is 10.1. The summed E-state index contributed by atoms with van der Waals surface area (Å²) in [7, 11) is 0. The minimum atomic E-state index is -0.448. The fourth-order valence-electron chi connectivity index (χ4n) is 4.24. The van der Waals surface area contributed by atoms with Crippen LogP contribution in [-0.2, 0) is 11.3 Å². The summed E-state index contributed by atoms with van der Waals surface area (Å²) in [6.07, 6.45) is 2.25. The van der Waals surface area contributed by atoms with E-state index in [0.717, 1.165) is 37.2 Å². The van der Waals surface area contributed by atoms with Crippen LogP contribution in [0.25, 0.3) is 0 Å². The van der Waals surface area contributed by atoms with E-state index in [1.807, 2.05) is 37.3 Å². The van der Waals surface area contributed by atoms with E-state index in [9.17, 15) is 14.9 Å². The number of anilines is 1. The van der Waals surface area contributed by atoms with Gasteiger partial charge in [-0.25, -0.2) is 0 Å². The average molecular weight is 420 g/mol. The van der Waals surface area contributed by atoms with Gasteiger partial charge in [0, 0.05) is 49.4 Å². The maximum atomic E-state index is 11.5. The number of hydrogen-bond donors (Lipinski definition) is 2. The Balaban J connectivity index is 1.80. The molecule has 162 valence electrons. The lowest BCUT2D eigenvalue weighted by Gasteiger charge is -2.41. The fourth-order valence-corrected chi connectivity index (χ4v) is 4.24. The molecule has 0 aliphatic carbocycles. The number of rotatable bonds is 8. The van der Waals surface area contributed by atoms with E-state index in [-0.39, 0.29) is 11.9 Å². The number of piperidine rings is 1. The first-order chi connectivity index (χ1) is 14.9. The average Bonchev–Trinajstić information content (AvgIpc) is 2.77. The highest BCUT2D eigenvalue weighted by Gasteiger charge is 2.28. The highest BCUT2D eigenvalue weighted by atomic mass is 16.1. The van der Waals surface area contributed by atoms with Gasteiger partial charge in [-0.15, -0.1) is 0 Å². The van der Waals surface area contributed by atoms with Crippen LogP contribution in [0.1, 0.15) is 47.7 Å². The van der Waals surface area contributed by atoms with E-state index in [2.05, 4.69) is 15.9 Å². The van der Waals surface area contributed by atoms with Crippen molar-refractivity contribution in [2.75, 3.05) is 18.0 Å². The molecule has 1 atom stereocenters. The Labute approximate surface area is 183 Å². The van der Waals surface area contributed by atoms with Crippen molar-refractivity contribution in [1.29, 1.82) is 5.26 Å². The lowest BCUT2D eigenvalue weighted by molar-refractivity contribution is -0.119. The zero-order chi connectivity index (χ0) is 22.4. The Morgan fingerprint density at radius 3 is 2.42 bits per heavy atom. The number of amides is 2. The van der Waals surface area contributed by atoms with Gasteiger partial charge in [0.2, 0.25) is 11.8 Å². The van der Waals surface area contributed by atoms with Gasteiger partial charge >= 0.3 is 0 Å². The number of nitriles is 1. The van der Waals surface area contributed by atoms with E-state index in [4.69, 9.17) is 11.5 Å². The van der Waals surface area contributed by atoms with Crippen LogP contribution in [0.4, 0.5) is 5.69 Å². The third kappa shape index (κ3) is 5.83. The van der Waals surface area contributed by atoms with Crippen LogP contribution in [-0.4, -0.2) is 41.9 Å². The number of carbonyl (C=O) groups is 2. The molecule has 0 radical (unpaired) electrons. The summed E-state index contributed by atoms with van der Waals surface area (Å²) in [5, 5.41) is 9.24. The smallest absolute Gasteiger partial charge is 0.248 e. The van der Waals surface area contributed by atoms with Crippen molar-refractivity contribution in [3.63, 3.8) is 0 Å². The normalized spacial score (nSPS) is 15.7. The van der Waals surface area contributed by atoms with Crippen molar-refractivity contribution in [3.8, 4) is 6.07 Å². The molecule has 0 spiro atoms. The molecule has 0 bridgehead atoms. The van der Waals surface area contributed by atoms with Gasteiger partial charge in [-0.05, 0) is 61.7 Å². The maximum Gasteiger partial charge on any atom is 0.248 e. The van der Waals surface area contributed by atoms with E-state index in [0.29, 0.717) is 30.1 Å². The molecule has 0 saturated carbocycles. The summed E-state index contributed by atoms with van der Waals surface area (Å²) < 4.78 is 0. The highest BCUT2D eigenvalue weighted by Crippen LogP contribution is 2.27. The van der Waals surface area contributed by atoms with Crippen LogP contribution >= 0.6 is 0 Å². The molecule has 4 N–H and O–H groups in total. The molecule has 2 amide bonds. The van der Waals surface area contributed by atoms with E-state index in [1.165, 1.54) is 0 Å². The Morgan fingerprint density at radius 1 is 1.16 bits per heavy atom. The monoisotopic (exact) mass is 419 g/mol. The largest absolute Gasteiger partial charge is 0.370 e. The molecule has 1 aliphatic rings. The molecule has 2 aromatic carbocycles. The van der Waals surface area contributed by atoms with Crippen molar-refractivity contribution in [3.05, 3.63) is 65.2 Å². The lowest BCUT2D eigenvalue weighted by atomic mass is 9.98. The number of benzene rings is 2. The molecule has 1 heterocycles. The molecular formula is C24H29N5O2. The van der Waals surface area contributed by atoms with E-state index < -0.39 is 5.91 Å². The molecule has 1 fully saturated rings. The predicted octanol–water partition coefficient (Wildman–Crippen LogP) is 2.39. The van der Waals surface area contributed by atoms with Crippen molar-refractivity contribution < 1.29 is 9.59 Å². The third-order valence-corrected chi connectivity index (χ3v) is 5.95. The number of hydrogen-bond acceptors (Lipinski definition) is 5. The third-order valence-electron chi connectivity index (χ3n) is 5.95. The summed E-state index contributed by atoms with van der Waals surface area (Å²) in [6.45, 7) is 4.46. The highest BCUT2D eigenvalue weighted by molar-refractivity contribution is 5.93. The molecule has 1 saturated heterocycles. The second-order valence-corrected chi connectivity index (χ2v) is 8.14. The Hall–Kier alpha value is -3.37. The van der Waals surface area contributed by atoms with Crippen LogP contribution in [0.5, 0.6) is 0 Å². The number of nitrogens with zero attached hydrogens (tertiary/aromatic N) is 3. The van der Waals surface area contributed by atoms with Crippen LogP contribution in [0.15, 0.2) is 48.5 Å². The van der Waals surface area contributed by atoms with E-state index >= 15 is 0 Å². The quantitative estimate of drug-likeness (QED) is 0.681. The fraction of sp³-hybridized carbons (Fsp3) is 0.375. The minimum absolute atomic E-state index is 0.133. The first-order valence-electron chi connectivity index (χ1n) is 10.5. The molecule has 1 aliphatic heterocycles. The topological polar surface area (TPSA) is 116 Å². The minimum Gasteiger partial charge on any atom is -0.370 e. The van der Waals surface area contributed by atoms with Gasteiger partial charge in [0.1, 0.15) is 0 Å². The Bertz CT molecular complexity index is 959. The molecule has 2 aromatic rings. The number of nitrogens with two attached hydrogens (primary N) is 2. The first-order valence-corrected chi connectivity index (χ1v) is 10.5. The van der Waals surface area contributed by atoms with Gasteiger partial charge < -0.3 is 16.4 Å². The molecule has 1 unspecified atom stereocenters. The van der Waals surface area contributed by atoms with Gasteiger partial charge in [-0.3, -0.25) is 14.5 Å². The molecule has 7 heteroatoms. The lowest BCUT2D eigenvalue weighted by Crippen LogP contribution is -2.48. The van der Waals surface area contributed by atoms with Crippen LogP contribution < -0.4 is 16.4 Å². The number of carbonyl (C=O) groups excluding carboxylic acids is 2. The van der Waals surface area contributed by atoms with Gasteiger partial charge in [0.25, 0.3) is 0 Å². The predicted molar refractivity (Wildman–Crippen MR) is 120 cm³/mol. The van der Waals surface area contributed by atoms with Crippen molar-refractivity contribution >= 4 is 17.5 Å². The van der Waals surface area contributed by atoms with Gasteiger partial charge in [0.15, 0.2) is 0 Å². The first kappa shape index (κ1) is 22.3. The molecule has 3 rings (SSSR count). The zero-order valence-electron chi connectivity index (χ0n) is 17.8. The SMILES string of the molecule is CC(CC(N)=O)N1CCC(N(Cc2cccc(C#N)c2)c2ccc(C(N)=O)cc2)CC1. The van der Waals surface area contributed by atoms with Gasteiger partial charge in [-0.1, -0.05) is 12.1 Å². The molecule has 7 nitrogen and oxygen atoms in total. The number of likely N-dealkylation sites (tertiary alicyclic amines) is 1. The second-order valence-electron chi connectivity index (χ2n) is 8.14. The number of primary amides is 2. The van der Waals surface area contributed by atoms with Gasteiger partial charge in [0.05, 0.1) is 11.6 Å². The van der Waals surface area contributed by atoms with Crippen molar-refractivity contribution in [1.82, 2.24) is 4.90 Å². The summed E-state index contributed by atoms with van der Waals surface area (Å²) in [4.78, 5) is 27.4. The van der Waals surface area contributed by atoms with Gasteiger partial charge in [-0.2, -0.15) is 5.26 Å². The summed E-state index contributed by atoms with van der Waals surface area (Å²) in [6, 6.07) is 17.6. The molecule has 0 aromatic heterocycles. The molecule has 31 heavy (non-hydrogen) atoms. The summed E-state index contributed by atoms with van der Waals surface area (Å²) >= 11 is 0. The summed E-state index contributed by atoms with van der Waals surface area (Å²) in [5.41, 5.74) is 13.9. The van der Waals surface area contributed by atoms with Crippen molar-refractivity contribution in [2.24, 2.45) is 11.5 Å². The van der Waals surface area contributed by atoms with Crippen LogP contribution in [0.2, 0.25) is 0 Å². The van der Waals surface area contributed by atoms with Crippen molar-refractivity contribution in [2.45, 2.75) is 44.8 Å². The van der Waals surface area contributed by atoms with Crippen LogP contribution in [0.3, 0.4) is 0 Å². The molecular weight excluding hydrogens is 390 g/mol. The zero-order valence-corrected chi connectivity index (χ0v) is 17.8. The maximum absolute atomic E-state index is 11.5. The Kier molecular flexibility index (Phi) is 7.27. The summed E-state index contributed by atoms with van der Waals surface area (Å²) in [5.74, 6) is -0.722. The Morgan fingerprint density at radius 2 is 1.84 bits per heavy atom.